The molecule has 0 bridgehead atoms. The molecular formula is C48H56F4N4O4. The third-order valence-electron chi connectivity index (χ3n) is 10.3. The van der Waals surface area contributed by atoms with Gasteiger partial charge in [-0.25, -0.2) is 0 Å². The predicted octanol–water partition coefficient (Wildman–Crippen LogP) is 8.84. The zero-order valence-electron chi connectivity index (χ0n) is 33.9. The van der Waals surface area contributed by atoms with Crippen LogP contribution < -0.4 is 21.3 Å². The van der Waals surface area contributed by atoms with Crippen molar-refractivity contribution in [1.82, 2.24) is 21.3 Å². The first kappa shape index (κ1) is 46.9. The maximum absolute atomic E-state index is 14.7. The number of amides is 4. The molecule has 0 atom stereocenters. The first-order valence-corrected chi connectivity index (χ1v) is 20.8. The number of carbonyl (C=O) groups is 4. The summed E-state index contributed by atoms with van der Waals surface area (Å²) in [5.41, 5.74) is 3.58. The van der Waals surface area contributed by atoms with E-state index >= 15 is 0 Å². The molecule has 0 aliphatic rings. The molecule has 4 aromatic carbocycles. The maximum Gasteiger partial charge on any atom is 0.395 e. The minimum Gasteiger partial charge on any atom is -0.353 e. The predicted molar refractivity (Wildman–Crippen MR) is 227 cm³/mol. The largest absolute Gasteiger partial charge is 0.395 e. The smallest absolute Gasteiger partial charge is 0.353 e. The van der Waals surface area contributed by atoms with Crippen LogP contribution in [-0.4, -0.2) is 61.7 Å². The van der Waals surface area contributed by atoms with Crippen LogP contribution in [0.3, 0.4) is 0 Å². The number of carbonyl (C=O) groups excluding carboxylic acids is 4. The zero-order chi connectivity index (χ0) is 43.1. The van der Waals surface area contributed by atoms with E-state index in [1.807, 2.05) is 71.3 Å². The van der Waals surface area contributed by atoms with Crippen molar-refractivity contribution in [1.29, 1.82) is 0 Å². The normalized spacial score (nSPS) is 11.8. The number of unbranched alkanes of at least 4 members (excludes halogenated alkanes) is 9. The van der Waals surface area contributed by atoms with E-state index in [0.717, 1.165) is 62.5 Å². The number of hydrogen-bond acceptors (Lipinski definition) is 4. The van der Waals surface area contributed by atoms with Gasteiger partial charge in [0.25, 0.3) is 11.8 Å². The number of rotatable bonds is 26. The molecule has 4 amide bonds. The van der Waals surface area contributed by atoms with Crippen LogP contribution in [0.5, 0.6) is 0 Å². The van der Waals surface area contributed by atoms with Gasteiger partial charge in [-0.3, -0.25) is 19.2 Å². The van der Waals surface area contributed by atoms with Crippen LogP contribution in [-0.2, 0) is 19.2 Å². The second-order valence-electron chi connectivity index (χ2n) is 14.8. The van der Waals surface area contributed by atoms with E-state index in [0.29, 0.717) is 37.1 Å². The van der Waals surface area contributed by atoms with Crippen molar-refractivity contribution in [2.24, 2.45) is 0 Å². The van der Waals surface area contributed by atoms with Gasteiger partial charge < -0.3 is 21.3 Å². The Morgan fingerprint density at radius 3 is 1.05 bits per heavy atom. The molecule has 4 rings (SSSR count). The molecule has 0 saturated heterocycles. The quantitative estimate of drug-likeness (QED) is 0.0288. The van der Waals surface area contributed by atoms with Crippen LogP contribution >= 0.6 is 0 Å². The van der Waals surface area contributed by atoms with Crippen LogP contribution in [0.4, 0.5) is 17.6 Å². The second-order valence-corrected chi connectivity index (χ2v) is 14.8. The Morgan fingerprint density at radius 2 is 0.683 bits per heavy atom. The molecule has 4 N–H and O–H groups in total. The highest BCUT2D eigenvalue weighted by Crippen LogP contribution is 2.35. The van der Waals surface area contributed by atoms with E-state index in [1.54, 1.807) is 60.7 Å². The molecule has 0 heterocycles. The summed E-state index contributed by atoms with van der Waals surface area (Å²) in [7, 11) is 0. The van der Waals surface area contributed by atoms with Gasteiger partial charge in [-0.15, -0.1) is 0 Å². The summed E-state index contributed by atoms with van der Waals surface area (Å²) in [6, 6.07) is 37.4. The van der Waals surface area contributed by atoms with Crippen LogP contribution in [0.1, 0.15) is 98.3 Å². The Balaban J connectivity index is 1.00. The van der Waals surface area contributed by atoms with Crippen molar-refractivity contribution in [3.05, 3.63) is 156 Å². The van der Waals surface area contributed by atoms with Gasteiger partial charge in [0.2, 0.25) is 11.8 Å². The fourth-order valence-corrected chi connectivity index (χ4v) is 6.85. The molecule has 0 aromatic heterocycles. The van der Waals surface area contributed by atoms with Crippen molar-refractivity contribution in [2.75, 3.05) is 26.2 Å². The van der Waals surface area contributed by atoms with Gasteiger partial charge in [-0.2, -0.15) is 17.6 Å². The van der Waals surface area contributed by atoms with Crippen LogP contribution in [0.2, 0.25) is 0 Å². The van der Waals surface area contributed by atoms with Crippen LogP contribution in [0, 0.1) is 0 Å². The number of benzene rings is 4. The van der Waals surface area contributed by atoms with Gasteiger partial charge in [-0.05, 0) is 35.1 Å². The second kappa shape index (κ2) is 25.0. The van der Waals surface area contributed by atoms with Gasteiger partial charge in [0.1, 0.15) is 0 Å². The Hall–Kier alpha value is -5.78. The minimum absolute atomic E-state index is 0.0156. The maximum atomic E-state index is 14.7. The van der Waals surface area contributed by atoms with Crippen molar-refractivity contribution in [3.63, 3.8) is 0 Å². The highest BCUT2D eigenvalue weighted by molar-refractivity contribution is 5.97. The topological polar surface area (TPSA) is 116 Å². The average Bonchev–Trinajstić information content (AvgIpc) is 3.27. The molecule has 0 saturated carbocycles. The number of nitrogens with one attached hydrogen (secondary N) is 4. The first-order chi connectivity index (χ1) is 29.0. The van der Waals surface area contributed by atoms with Crippen molar-refractivity contribution < 1.29 is 36.7 Å². The lowest BCUT2D eigenvalue weighted by Gasteiger charge is -2.26. The molecule has 0 unspecified atom stereocenters. The summed E-state index contributed by atoms with van der Waals surface area (Å²) in [6.07, 6.45) is 10.9. The van der Waals surface area contributed by atoms with Gasteiger partial charge in [0, 0.05) is 50.2 Å². The van der Waals surface area contributed by atoms with E-state index in [4.69, 9.17) is 0 Å². The Bertz CT molecular complexity index is 1840. The number of alkyl halides is 4. The fourth-order valence-electron chi connectivity index (χ4n) is 6.85. The molecule has 8 nitrogen and oxygen atoms in total. The molecule has 0 spiro atoms. The molecule has 0 fully saturated rings. The third kappa shape index (κ3) is 15.1. The summed E-state index contributed by atoms with van der Waals surface area (Å²) in [5.74, 6) is -16.1. The molecule has 320 valence electrons. The highest BCUT2D eigenvalue weighted by Gasteiger charge is 2.66. The van der Waals surface area contributed by atoms with E-state index in [-0.39, 0.29) is 30.8 Å². The number of halogens is 4. The Kier molecular flexibility index (Phi) is 19.5. The third-order valence-corrected chi connectivity index (χ3v) is 10.3. The van der Waals surface area contributed by atoms with Gasteiger partial charge >= 0.3 is 11.8 Å². The van der Waals surface area contributed by atoms with Crippen molar-refractivity contribution >= 4 is 23.6 Å². The van der Waals surface area contributed by atoms with E-state index < -0.39 is 29.6 Å². The zero-order valence-corrected chi connectivity index (χ0v) is 33.9. The Morgan fingerprint density at radius 1 is 0.400 bits per heavy atom. The van der Waals surface area contributed by atoms with Gasteiger partial charge in [0.05, 0.1) is 0 Å². The molecule has 0 aliphatic carbocycles. The van der Waals surface area contributed by atoms with E-state index in [1.165, 1.54) is 12.2 Å². The highest BCUT2D eigenvalue weighted by atomic mass is 19.3. The summed E-state index contributed by atoms with van der Waals surface area (Å²) < 4.78 is 58.7. The van der Waals surface area contributed by atoms with E-state index in [2.05, 4.69) is 10.6 Å². The fraction of sp³-hybridized carbons (Fsp3) is 0.375. The standard InChI is InChI=1S/C48H56F4N4O4/c49-47(50,48(51,52)46(60)56-36-42(39-27-17-11-18-28-39)40-29-19-12-20-30-40)45(59)54-34-22-8-6-4-2-1-3-5-7-21-33-53-43(57)31-32-44(58)55-35-41(37-23-13-9-14-24-37)38-25-15-10-16-26-38/h9-20,23-32,41-42H,1-8,21-22,33-36H2,(H,53,57)(H,54,59)(H,55,58)(H,56,60)/b32-31-. The first-order valence-electron chi connectivity index (χ1n) is 20.8. The molecule has 0 aliphatic heterocycles. The van der Waals surface area contributed by atoms with Crippen LogP contribution in [0.15, 0.2) is 133 Å². The summed E-state index contributed by atoms with van der Waals surface area (Å²) in [5, 5.41) is 9.53. The lowest BCUT2D eigenvalue weighted by Crippen LogP contribution is -2.59. The van der Waals surface area contributed by atoms with Gasteiger partial charge in [-0.1, -0.05) is 173 Å². The minimum atomic E-state index is -5.25. The SMILES string of the molecule is O=C(/C=C\C(=O)NCC(c1ccccc1)c1ccccc1)NCCCCCCCCCCCCNC(=O)C(F)(F)C(F)(F)C(=O)NCC(c1ccccc1)c1ccccc1. The van der Waals surface area contributed by atoms with E-state index in [9.17, 15) is 36.7 Å². The number of hydrogen-bond donors (Lipinski definition) is 4. The lowest BCUT2D eigenvalue weighted by molar-refractivity contribution is -0.211. The summed E-state index contributed by atoms with van der Waals surface area (Å²) in [6.45, 7) is 0.326. The monoisotopic (exact) mass is 828 g/mol. The molecular weight excluding hydrogens is 773 g/mol. The molecule has 0 radical (unpaired) electrons. The molecule has 12 heteroatoms. The summed E-state index contributed by atoms with van der Waals surface area (Å²) >= 11 is 0. The van der Waals surface area contributed by atoms with Crippen molar-refractivity contribution in [2.45, 2.75) is 87.9 Å². The lowest BCUT2D eigenvalue weighted by atomic mass is 9.91. The van der Waals surface area contributed by atoms with Crippen LogP contribution in [0.25, 0.3) is 0 Å². The Labute approximate surface area is 350 Å². The molecule has 4 aromatic rings. The summed E-state index contributed by atoms with van der Waals surface area (Å²) in [4.78, 5) is 49.2. The molecule has 60 heavy (non-hydrogen) atoms. The van der Waals surface area contributed by atoms with Crippen molar-refractivity contribution in [3.8, 4) is 0 Å². The van der Waals surface area contributed by atoms with Gasteiger partial charge in [0.15, 0.2) is 0 Å². The average molecular weight is 829 g/mol.